The Bertz CT molecular complexity index is 693. The highest BCUT2D eigenvalue weighted by atomic mass is 16.6. The number of ether oxygens (including phenoxy) is 2. The normalized spacial score (nSPS) is 24.4. The van der Waals surface area contributed by atoms with Gasteiger partial charge in [-0.2, -0.15) is 0 Å². The van der Waals surface area contributed by atoms with Crippen LogP contribution in [0.2, 0.25) is 0 Å². The van der Waals surface area contributed by atoms with Crippen LogP contribution in [0.1, 0.15) is 70.6 Å². The third-order valence-corrected chi connectivity index (χ3v) is 6.37. The van der Waals surface area contributed by atoms with Crippen molar-refractivity contribution in [1.29, 1.82) is 0 Å². The van der Waals surface area contributed by atoms with Gasteiger partial charge in [0.05, 0.1) is 6.61 Å². The Morgan fingerprint density at radius 2 is 1.26 bits per heavy atom. The summed E-state index contributed by atoms with van der Waals surface area (Å²) < 4.78 is 10.1. The third-order valence-electron chi connectivity index (χ3n) is 6.37. The molecule has 1 aliphatic heterocycles. The Morgan fingerprint density at radius 1 is 0.839 bits per heavy atom. The number of carbonyl (C=O) groups excluding carboxylic acids is 2. The zero-order valence-corrected chi connectivity index (χ0v) is 17.5. The van der Waals surface area contributed by atoms with E-state index in [1.807, 2.05) is 0 Å². The number of hydrogen-bond donors (Lipinski definition) is 3. The summed E-state index contributed by atoms with van der Waals surface area (Å²) >= 11 is 0. The van der Waals surface area contributed by atoms with Gasteiger partial charge in [0.1, 0.15) is 18.5 Å². The average molecular weight is 442 g/mol. The van der Waals surface area contributed by atoms with Crippen molar-refractivity contribution >= 4 is 29.7 Å². The first-order valence-electron chi connectivity index (χ1n) is 10.6. The van der Waals surface area contributed by atoms with Crippen molar-refractivity contribution < 1.29 is 48.8 Å². The van der Waals surface area contributed by atoms with Crippen molar-refractivity contribution in [3.05, 3.63) is 0 Å². The van der Waals surface area contributed by atoms with Crippen LogP contribution in [0.25, 0.3) is 0 Å². The van der Waals surface area contributed by atoms with Gasteiger partial charge in [-0.05, 0) is 38.5 Å². The molecule has 2 fully saturated rings. The standard InChI is InChI=1S/C21H30O10/c22-15(23)2-8-20(9-3-16(24)25)6-1-7-21(19(20)29,10-4-17(26)27)11-5-18(28)31-13-14-12-30-14/h14H,1-13H2,(H,22,23)(H,24,25)(H,26,27). The highest BCUT2D eigenvalue weighted by Crippen LogP contribution is 2.52. The highest BCUT2D eigenvalue weighted by molar-refractivity contribution is 5.92. The Balaban J connectivity index is 2.21. The van der Waals surface area contributed by atoms with Crippen molar-refractivity contribution in [3.8, 4) is 0 Å². The van der Waals surface area contributed by atoms with E-state index >= 15 is 0 Å². The molecule has 0 bridgehead atoms. The van der Waals surface area contributed by atoms with E-state index in [0.717, 1.165) is 0 Å². The maximum absolute atomic E-state index is 13.7. The molecular formula is C21H30O10. The summed E-state index contributed by atoms with van der Waals surface area (Å²) in [7, 11) is 0. The lowest BCUT2D eigenvalue weighted by molar-refractivity contribution is -0.151. The van der Waals surface area contributed by atoms with Gasteiger partial charge >= 0.3 is 23.9 Å². The Labute approximate surface area is 179 Å². The molecule has 0 aromatic heterocycles. The van der Waals surface area contributed by atoms with Gasteiger partial charge in [-0.25, -0.2) is 0 Å². The molecular weight excluding hydrogens is 412 g/mol. The predicted octanol–water partition coefficient (Wildman–Crippen LogP) is 2.03. The number of epoxide rings is 1. The molecule has 174 valence electrons. The van der Waals surface area contributed by atoms with Gasteiger partial charge in [-0.1, -0.05) is 6.42 Å². The molecule has 0 amide bonds. The fourth-order valence-corrected chi connectivity index (χ4v) is 4.56. The minimum atomic E-state index is -1.15. The second-order valence-corrected chi connectivity index (χ2v) is 8.56. The second kappa shape index (κ2) is 10.7. The van der Waals surface area contributed by atoms with Gasteiger partial charge in [0.2, 0.25) is 0 Å². The quantitative estimate of drug-likeness (QED) is 0.267. The van der Waals surface area contributed by atoms with Gasteiger partial charge in [0.25, 0.3) is 0 Å². The number of carboxylic acid groups (broad SMARTS) is 3. The number of aliphatic carboxylic acids is 3. The lowest BCUT2D eigenvalue weighted by Gasteiger charge is -2.46. The predicted molar refractivity (Wildman–Crippen MR) is 104 cm³/mol. The molecule has 0 spiro atoms. The van der Waals surface area contributed by atoms with E-state index < -0.39 is 34.7 Å². The van der Waals surface area contributed by atoms with Crippen LogP contribution >= 0.6 is 0 Å². The molecule has 1 saturated carbocycles. The topological polar surface area (TPSA) is 168 Å². The summed E-state index contributed by atoms with van der Waals surface area (Å²) in [6.07, 6.45) is 0.318. The zero-order chi connectivity index (χ0) is 23.1. The first-order chi connectivity index (χ1) is 14.6. The van der Waals surface area contributed by atoms with E-state index in [1.54, 1.807) is 0 Å². The molecule has 2 aliphatic rings. The Kier molecular flexibility index (Phi) is 8.55. The van der Waals surface area contributed by atoms with Gasteiger partial charge < -0.3 is 24.8 Å². The third kappa shape index (κ3) is 7.30. The second-order valence-electron chi connectivity index (χ2n) is 8.56. The fourth-order valence-electron chi connectivity index (χ4n) is 4.56. The first-order valence-corrected chi connectivity index (χ1v) is 10.6. The first kappa shape index (κ1) is 24.8. The van der Waals surface area contributed by atoms with E-state index in [4.69, 9.17) is 19.7 Å². The number of hydrogen-bond acceptors (Lipinski definition) is 7. The number of rotatable bonds is 14. The summed E-state index contributed by atoms with van der Waals surface area (Å²) in [5, 5.41) is 27.5. The number of Topliss-reactive ketones (excluding diaryl/α,β-unsaturated/α-hetero) is 1. The fraction of sp³-hybridized carbons (Fsp3) is 0.762. The van der Waals surface area contributed by atoms with Crippen molar-refractivity contribution in [2.75, 3.05) is 13.2 Å². The minimum Gasteiger partial charge on any atom is -0.481 e. The van der Waals surface area contributed by atoms with Crippen molar-refractivity contribution in [2.45, 2.75) is 76.7 Å². The van der Waals surface area contributed by atoms with Crippen LogP contribution in [0.3, 0.4) is 0 Å². The summed E-state index contributed by atoms with van der Waals surface area (Å²) in [6, 6.07) is 0. The average Bonchev–Trinajstić information content (AvgIpc) is 3.53. The molecule has 0 aromatic carbocycles. The lowest BCUT2D eigenvalue weighted by atomic mass is 9.55. The van der Waals surface area contributed by atoms with E-state index in [2.05, 4.69) is 0 Å². The summed E-state index contributed by atoms with van der Waals surface area (Å²) in [4.78, 5) is 59.5. The van der Waals surface area contributed by atoms with Crippen LogP contribution < -0.4 is 0 Å². The molecule has 1 saturated heterocycles. The van der Waals surface area contributed by atoms with Gasteiger partial charge in [-0.3, -0.25) is 24.0 Å². The van der Waals surface area contributed by atoms with E-state index in [9.17, 15) is 29.1 Å². The molecule has 1 aliphatic carbocycles. The van der Waals surface area contributed by atoms with Gasteiger partial charge in [-0.15, -0.1) is 0 Å². The summed E-state index contributed by atoms with van der Waals surface area (Å²) in [5.41, 5.74) is -2.28. The van der Waals surface area contributed by atoms with Crippen molar-refractivity contribution in [1.82, 2.24) is 0 Å². The molecule has 10 heteroatoms. The SMILES string of the molecule is O=C(O)CCC1(CCC(=O)O)CCCC(CCC(=O)O)(CCC(=O)OCC2CO2)C1=O. The molecule has 2 unspecified atom stereocenters. The molecule has 3 N–H and O–H groups in total. The molecule has 31 heavy (non-hydrogen) atoms. The molecule has 0 aromatic rings. The molecule has 2 rings (SSSR count). The molecule has 10 nitrogen and oxygen atoms in total. The van der Waals surface area contributed by atoms with Gasteiger partial charge in [0.15, 0.2) is 0 Å². The molecule has 0 radical (unpaired) electrons. The van der Waals surface area contributed by atoms with Crippen LogP contribution in [-0.2, 0) is 33.4 Å². The summed E-state index contributed by atoms with van der Waals surface area (Å²) in [6.45, 7) is 0.667. The molecule has 2 atom stereocenters. The zero-order valence-electron chi connectivity index (χ0n) is 17.5. The number of carbonyl (C=O) groups is 5. The van der Waals surface area contributed by atoms with E-state index in [0.29, 0.717) is 25.9 Å². The van der Waals surface area contributed by atoms with Crippen LogP contribution in [0.15, 0.2) is 0 Å². The Morgan fingerprint density at radius 3 is 1.65 bits per heavy atom. The van der Waals surface area contributed by atoms with E-state index in [-0.39, 0.29) is 69.9 Å². The lowest BCUT2D eigenvalue weighted by Crippen LogP contribution is -2.48. The maximum Gasteiger partial charge on any atom is 0.305 e. The van der Waals surface area contributed by atoms with Crippen molar-refractivity contribution in [3.63, 3.8) is 0 Å². The smallest absolute Gasteiger partial charge is 0.305 e. The van der Waals surface area contributed by atoms with Crippen LogP contribution in [0.4, 0.5) is 0 Å². The number of esters is 1. The Hall–Kier alpha value is -2.49. The minimum absolute atomic E-state index is 0.00721. The van der Waals surface area contributed by atoms with Crippen molar-refractivity contribution in [2.24, 2.45) is 10.8 Å². The summed E-state index contributed by atoms with van der Waals surface area (Å²) in [5.74, 6) is -4.07. The highest BCUT2D eigenvalue weighted by Gasteiger charge is 2.52. The van der Waals surface area contributed by atoms with Crippen LogP contribution in [-0.4, -0.2) is 64.3 Å². The maximum atomic E-state index is 13.7. The van der Waals surface area contributed by atoms with E-state index in [1.165, 1.54) is 0 Å². The molecule has 1 heterocycles. The van der Waals surface area contributed by atoms with Crippen LogP contribution in [0, 0.1) is 10.8 Å². The largest absolute Gasteiger partial charge is 0.481 e. The van der Waals surface area contributed by atoms with Crippen LogP contribution in [0.5, 0.6) is 0 Å². The number of carboxylic acids is 3. The number of ketones is 1. The van der Waals surface area contributed by atoms with Gasteiger partial charge in [0, 0.05) is 36.5 Å². The monoisotopic (exact) mass is 442 g/mol.